The van der Waals surface area contributed by atoms with Gasteiger partial charge in [-0.05, 0) is 24.1 Å². The van der Waals surface area contributed by atoms with Crippen molar-refractivity contribution in [3.8, 4) is 0 Å². The van der Waals surface area contributed by atoms with Gasteiger partial charge in [-0.1, -0.05) is 23.7 Å². The van der Waals surface area contributed by atoms with E-state index in [4.69, 9.17) is 16.7 Å². The van der Waals surface area contributed by atoms with Gasteiger partial charge >= 0.3 is 6.09 Å². The zero-order valence-electron chi connectivity index (χ0n) is 7.81. The molecule has 2 N–H and O–H groups in total. The number of nitrogens with one attached hydrogen (secondary N) is 1. The third-order valence-corrected chi connectivity index (χ3v) is 2.09. The molecule has 0 unspecified atom stereocenters. The molecule has 0 heterocycles. The number of halogens is 1. The van der Waals surface area contributed by atoms with Gasteiger partial charge in [0.1, 0.15) is 6.29 Å². The first-order valence-electron chi connectivity index (χ1n) is 4.31. The SMILES string of the molecule is O=C[C@H](Cc1ccc(Cl)cc1)NC(=O)O. The molecule has 0 saturated heterocycles. The van der Waals surface area contributed by atoms with Crippen LogP contribution < -0.4 is 5.32 Å². The highest BCUT2D eigenvalue weighted by Gasteiger charge is 2.10. The highest BCUT2D eigenvalue weighted by molar-refractivity contribution is 6.30. The molecule has 0 aromatic heterocycles. The summed E-state index contributed by atoms with van der Waals surface area (Å²) in [5.74, 6) is 0. The van der Waals surface area contributed by atoms with Gasteiger partial charge in [-0.25, -0.2) is 4.79 Å². The van der Waals surface area contributed by atoms with Crippen LogP contribution in [-0.4, -0.2) is 23.5 Å². The highest BCUT2D eigenvalue weighted by atomic mass is 35.5. The summed E-state index contributed by atoms with van der Waals surface area (Å²) in [7, 11) is 0. The summed E-state index contributed by atoms with van der Waals surface area (Å²) in [6.07, 6.45) is -0.309. The van der Waals surface area contributed by atoms with Gasteiger partial charge in [-0.2, -0.15) is 0 Å². The second kappa shape index (κ2) is 5.36. The van der Waals surface area contributed by atoms with E-state index in [1.54, 1.807) is 24.3 Å². The van der Waals surface area contributed by atoms with Crippen molar-refractivity contribution in [1.29, 1.82) is 0 Å². The second-order valence-corrected chi connectivity index (χ2v) is 3.46. The van der Waals surface area contributed by atoms with E-state index in [0.29, 0.717) is 17.7 Å². The van der Waals surface area contributed by atoms with E-state index >= 15 is 0 Å². The van der Waals surface area contributed by atoms with Crippen molar-refractivity contribution in [1.82, 2.24) is 5.32 Å². The maximum absolute atomic E-state index is 10.6. The first kappa shape index (κ1) is 11.5. The van der Waals surface area contributed by atoms with E-state index < -0.39 is 12.1 Å². The number of benzene rings is 1. The number of carbonyl (C=O) groups excluding carboxylic acids is 1. The Kier molecular flexibility index (Phi) is 4.12. The van der Waals surface area contributed by atoms with Crippen molar-refractivity contribution < 1.29 is 14.7 Å². The number of aldehydes is 1. The Morgan fingerprint density at radius 2 is 2.07 bits per heavy atom. The Balaban J connectivity index is 2.62. The maximum Gasteiger partial charge on any atom is 0.405 e. The van der Waals surface area contributed by atoms with E-state index in [1.807, 2.05) is 0 Å². The first-order chi connectivity index (χ1) is 7.11. The Hall–Kier alpha value is -1.55. The lowest BCUT2D eigenvalue weighted by molar-refractivity contribution is -0.109. The van der Waals surface area contributed by atoms with Crippen LogP contribution in [0.2, 0.25) is 5.02 Å². The quantitative estimate of drug-likeness (QED) is 0.770. The van der Waals surface area contributed by atoms with Gasteiger partial charge in [0.05, 0.1) is 6.04 Å². The molecular formula is C10H10ClNO3. The summed E-state index contributed by atoms with van der Waals surface area (Å²) < 4.78 is 0. The smallest absolute Gasteiger partial charge is 0.405 e. The van der Waals surface area contributed by atoms with Crippen molar-refractivity contribution in [3.63, 3.8) is 0 Å². The summed E-state index contributed by atoms with van der Waals surface area (Å²) in [6, 6.07) is 6.17. The molecule has 4 nitrogen and oxygen atoms in total. The standard InChI is InChI=1S/C10H10ClNO3/c11-8-3-1-7(2-4-8)5-9(6-13)12-10(14)15/h1-4,6,9,12H,5H2,(H,14,15)/t9-/m0/s1. The van der Waals surface area contributed by atoms with Crippen LogP contribution in [0.4, 0.5) is 4.79 Å². The first-order valence-corrected chi connectivity index (χ1v) is 4.69. The van der Waals surface area contributed by atoms with Crippen LogP contribution >= 0.6 is 11.6 Å². The van der Waals surface area contributed by atoms with Gasteiger partial charge in [-0.3, -0.25) is 0 Å². The average molecular weight is 228 g/mol. The lowest BCUT2D eigenvalue weighted by atomic mass is 10.1. The van der Waals surface area contributed by atoms with Gasteiger partial charge in [0.25, 0.3) is 0 Å². The lowest BCUT2D eigenvalue weighted by Crippen LogP contribution is -2.36. The van der Waals surface area contributed by atoms with E-state index in [2.05, 4.69) is 5.32 Å². The molecule has 1 aromatic rings. The minimum absolute atomic E-state index is 0.326. The summed E-state index contributed by atoms with van der Waals surface area (Å²) in [5.41, 5.74) is 0.852. The Bertz CT molecular complexity index is 350. The molecule has 1 amide bonds. The fourth-order valence-corrected chi connectivity index (χ4v) is 1.29. The van der Waals surface area contributed by atoms with Crippen molar-refractivity contribution in [2.75, 3.05) is 0 Å². The number of hydrogen-bond donors (Lipinski definition) is 2. The zero-order chi connectivity index (χ0) is 11.3. The lowest BCUT2D eigenvalue weighted by Gasteiger charge is -2.09. The fourth-order valence-electron chi connectivity index (χ4n) is 1.17. The molecule has 15 heavy (non-hydrogen) atoms. The predicted molar refractivity (Wildman–Crippen MR) is 56.2 cm³/mol. The van der Waals surface area contributed by atoms with Gasteiger partial charge in [0, 0.05) is 5.02 Å². The van der Waals surface area contributed by atoms with Crippen molar-refractivity contribution in [2.45, 2.75) is 12.5 Å². The van der Waals surface area contributed by atoms with Crippen LogP contribution in [0.25, 0.3) is 0 Å². The molecule has 1 rings (SSSR count). The largest absolute Gasteiger partial charge is 0.465 e. The molecule has 0 radical (unpaired) electrons. The third kappa shape index (κ3) is 3.99. The molecule has 1 aromatic carbocycles. The van der Waals surface area contributed by atoms with Crippen LogP contribution in [0.15, 0.2) is 24.3 Å². The summed E-state index contributed by atoms with van der Waals surface area (Å²) >= 11 is 5.69. The van der Waals surface area contributed by atoms with Crippen LogP contribution in [0.5, 0.6) is 0 Å². The zero-order valence-corrected chi connectivity index (χ0v) is 8.57. The molecule has 5 heteroatoms. The molecule has 80 valence electrons. The molecule has 0 fully saturated rings. The third-order valence-electron chi connectivity index (χ3n) is 1.84. The summed E-state index contributed by atoms with van der Waals surface area (Å²) in [6.45, 7) is 0. The van der Waals surface area contributed by atoms with Crippen LogP contribution in [0, 0.1) is 0 Å². The number of carbonyl (C=O) groups is 2. The highest BCUT2D eigenvalue weighted by Crippen LogP contribution is 2.10. The molecule has 0 saturated carbocycles. The average Bonchev–Trinajstić information content (AvgIpc) is 2.19. The van der Waals surface area contributed by atoms with Crippen molar-refractivity contribution in [2.24, 2.45) is 0 Å². The van der Waals surface area contributed by atoms with E-state index in [1.165, 1.54) is 0 Å². The van der Waals surface area contributed by atoms with E-state index in [0.717, 1.165) is 5.56 Å². The minimum Gasteiger partial charge on any atom is -0.465 e. The van der Waals surface area contributed by atoms with E-state index in [9.17, 15) is 9.59 Å². The number of rotatable bonds is 4. The molecular weight excluding hydrogens is 218 g/mol. The number of hydrogen-bond acceptors (Lipinski definition) is 2. The summed E-state index contributed by atoms with van der Waals surface area (Å²) in [4.78, 5) is 20.9. The predicted octanol–water partition coefficient (Wildman–Crippen LogP) is 1.72. The Morgan fingerprint density at radius 1 is 1.47 bits per heavy atom. The van der Waals surface area contributed by atoms with Crippen LogP contribution in [-0.2, 0) is 11.2 Å². The molecule has 1 atom stereocenters. The minimum atomic E-state index is -1.21. The second-order valence-electron chi connectivity index (χ2n) is 3.02. The molecule has 0 aliphatic heterocycles. The van der Waals surface area contributed by atoms with Crippen molar-refractivity contribution in [3.05, 3.63) is 34.9 Å². The maximum atomic E-state index is 10.6. The topological polar surface area (TPSA) is 66.4 Å². The monoisotopic (exact) mass is 227 g/mol. The summed E-state index contributed by atoms with van der Waals surface area (Å²) in [5, 5.41) is 11.2. The van der Waals surface area contributed by atoms with Gasteiger partial charge in [-0.15, -0.1) is 0 Å². The molecule has 0 bridgehead atoms. The molecule has 0 aliphatic rings. The fraction of sp³-hybridized carbons (Fsp3) is 0.200. The normalized spacial score (nSPS) is 11.8. The molecule has 0 spiro atoms. The molecule has 0 aliphatic carbocycles. The van der Waals surface area contributed by atoms with Crippen LogP contribution in [0.3, 0.4) is 0 Å². The Morgan fingerprint density at radius 3 is 2.53 bits per heavy atom. The van der Waals surface area contributed by atoms with Gasteiger partial charge in [0.15, 0.2) is 0 Å². The number of carboxylic acid groups (broad SMARTS) is 1. The van der Waals surface area contributed by atoms with E-state index in [-0.39, 0.29) is 0 Å². The van der Waals surface area contributed by atoms with Gasteiger partial charge in [0.2, 0.25) is 0 Å². The Labute approximate surface area is 91.9 Å². The van der Waals surface area contributed by atoms with Crippen LogP contribution in [0.1, 0.15) is 5.56 Å². The van der Waals surface area contributed by atoms with Crippen molar-refractivity contribution >= 4 is 24.0 Å². The van der Waals surface area contributed by atoms with Gasteiger partial charge < -0.3 is 15.2 Å². The number of amides is 1.